The number of rotatable bonds is 7. The van der Waals surface area contributed by atoms with Crippen molar-refractivity contribution in [1.29, 1.82) is 0 Å². The second-order valence-corrected chi connectivity index (χ2v) is 5.00. The maximum absolute atomic E-state index is 12.7. The summed E-state index contributed by atoms with van der Waals surface area (Å²) in [4.78, 5) is 0. The number of benzene rings is 1. The van der Waals surface area contributed by atoms with Crippen LogP contribution >= 0.6 is 0 Å². The van der Waals surface area contributed by atoms with Crippen LogP contribution in [0.4, 0.5) is 4.39 Å². The Bertz CT molecular complexity index is 556. The average Bonchev–Trinajstić information content (AvgIpc) is 2.90. The molecule has 0 saturated heterocycles. The molecule has 0 saturated carbocycles. The lowest BCUT2D eigenvalue weighted by Crippen LogP contribution is -2.33. The third-order valence-corrected chi connectivity index (χ3v) is 3.25. The number of nitrogens with zero attached hydrogens (tertiary/aromatic N) is 1. The maximum atomic E-state index is 12.7. The first-order valence-electron chi connectivity index (χ1n) is 6.86. The molecule has 6 heteroatoms. The van der Waals surface area contributed by atoms with Crippen molar-refractivity contribution in [2.75, 3.05) is 13.2 Å². The van der Waals surface area contributed by atoms with Crippen molar-refractivity contribution in [3.8, 4) is 5.75 Å². The molecule has 0 aliphatic carbocycles. The van der Waals surface area contributed by atoms with Crippen molar-refractivity contribution in [1.82, 2.24) is 15.5 Å². The number of aromatic nitrogens is 2. The highest BCUT2D eigenvalue weighted by Crippen LogP contribution is 2.14. The number of aliphatic hydroxyl groups excluding tert-OH is 1. The molecule has 0 amide bonds. The molecule has 5 nitrogen and oxygen atoms in total. The normalized spacial score (nSPS) is 13.9. The SMILES string of the molecule is Cc1[nH]ncc1C(C)NCC(O)COc1ccc(F)cc1. The summed E-state index contributed by atoms with van der Waals surface area (Å²) in [5.41, 5.74) is 2.08. The minimum absolute atomic E-state index is 0.0872. The van der Waals surface area contributed by atoms with E-state index in [1.165, 1.54) is 24.3 Å². The Morgan fingerprint density at radius 3 is 2.71 bits per heavy atom. The van der Waals surface area contributed by atoms with E-state index in [1.807, 2.05) is 13.8 Å². The van der Waals surface area contributed by atoms with Gasteiger partial charge in [-0.05, 0) is 38.1 Å². The number of aryl methyl sites for hydroxylation is 1. The number of aliphatic hydroxyl groups is 1. The molecular formula is C15H20FN3O2. The summed E-state index contributed by atoms with van der Waals surface area (Å²) in [5, 5.41) is 20.0. The van der Waals surface area contributed by atoms with Crippen LogP contribution in [0.1, 0.15) is 24.2 Å². The van der Waals surface area contributed by atoms with Gasteiger partial charge in [-0.25, -0.2) is 4.39 Å². The van der Waals surface area contributed by atoms with Crippen molar-refractivity contribution in [2.45, 2.75) is 26.0 Å². The molecule has 3 N–H and O–H groups in total. The van der Waals surface area contributed by atoms with Crippen LogP contribution in [0.3, 0.4) is 0 Å². The van der Waals surface area contributed by atoms with Crippen molar-refractivity contribution in [2.24, 2.45) is 0 Å². The number of H-pyrrole nitrogens is 1. The molecule has 2 rings (SSSR count). The Morgan fingerprint density at radius 2 is 2.10 bits per heavy atom. The van der Waals surface area contributed by atoms with E-state index in [2.05, 4.69) is 15.5 Å². The first-order valence-corrected chi connectivity index (χ1v) is 6.86. The molecule has 0 radical (unpaired) electrons. The molecular weight excluding hydrogens is 273 g/mol. The molecule has 0 spiro atoms. The van der Waals surface area contributed by atoms with Gasteiger partial charge in [0.15, 0.2) is 0 Å². The second kappa shape index (κ2) is 7.19. The van der Waals surface area contributed by atoms with Crippen LogP contribution in [-0.4, -0.2) is 34.6 Å². The van der Waals surface area contributed by atoms with Gasteiger partial charge in [-0.2, -0.15) is 5.10 Å². The minimum atomic E-state index is -0.648. The van der Waals surface area contributed by atoms with Crippen LogP contribution in [0, 0.1) is 12.7 Å². The monoisotopic (exact) mass is 293 g/mol. The molecule has 1 heterocycles. The summed E-state index contributed by atoms with van der Waals surface area (Å²) in [6.45, 7) is 4.50. The number of nitrogens with one attached hydrogen (secondary N) is 2. The van der Waals surface area contributed by atoms with Gasteiger partial charge in [-0.1, -0.05) is 0 Å². The van der Waals surface area contributed by atoms with Crippen LogP contribution in [0.25, 0.3) is 0 Å². The molecule has 1 aromatic carbocycles. The first kappa shape index (κ1) is 15.5. The van der Waals surface area contributed by atoms with E-state index in [1.54, 1.807) is 6.20 Å². The molecule has 2 unspecified atom stereocenters. The first-order chi connectivity index (χ1) is 10.1. The minimum Gasteiger partial charge on any atom is -0.491 e. The lowest BCUT2D eigenvalue weighted by atomic mass is 10.1. The number of ether oxygens (including phenoxy) is 1. The van der Waals surface area contributed by atoms with Crippen molar-refractivity contribution >= 4 is 0 Å². The Kier molecular flexibility index (Phi) is 5.30. The van der Waals surface area contributed by atoms with E-state index in [0.29, 0.717) is 12.3 Å². The van der Waals surface area contributed by atoms with Gasteiger partial charge in [0.05, 0.1) is 6.20 Å². The highest BCUT2D eigenvalue weighted by molar-refractivity contribution is 5.22. The molecule has 0 fully saturated rings. The summed E-state index contributed by atoms with van der Waals surface area (Å²) < 4.78 is 18.1. The Labute approximate surface area is 123 Å². The summed E-state index contributed by atoms with van der Waals surface area (Å²) in [5.74, 6) is 0.225. The molecule has 0 aliphatic heterocycles. The lowest BCUT2D eigenvalue weighted by Gasteiger charge is -2.17. The van der Waals surface area contributed by atoms with E-state index < -0.39 is 6.10 Å². The van der Waals surface area contributed by atoms with Crippen molar-refractivity contribution in [3.63, 3.8) is 0 Å². The molecule has 21 heavy (non-hydrogen) atoms. The van der Waals surface area contributed by atoms with Gasteiger partial charge >= 0.3 is 0 Å². The fraction of sp³-hybridized carbons (Fsp3) is 0.400. The quantitative estimate of drug-likeness (QED) is 0.730. The standard InChI is InChI=1S/C15H20FN3O2/c1-10(15-8-18-19-11(15)2)17-7-13(20)9-21-14-5-3-12(16)4-6-14/h3-6,8,10,13,17,20H,7,9H2,1-2H3,(H,18,19). The summed E-state index contributed by atoms with van der Waals surface area (Å²) in [6, 6.07) is 5.80. The van der Waals surface area contributed by atoms with Crippen molar-refractivity contribution < 1.29 is 14.2 Å². The van der Waals surface area contributed by atoms with Gasteiger partial charge < -0.3 is 15.2 Å². The van der Waals surface area contributed by atoms with Crippen LogP contribution in [0.5, 0.6) is 5.75 Å². The number of aromatic amines is 1. The van der Waals surface area contributed by atoms with Gasteiger partial charge in [-0.3, -0.25) is 5.10 Å². The van der Waals surface area contributed by atoms with Gasteiger partial charge in [0, 0.05) is 23.8 Å². The van der Waals surface area contributed by atoms with Crippen LogP contribution < -0.4 is 10.1 Å². The lowest BCUT2D eigenvalue weighted by molar-refractivity contribution is 0.104. The number of halogens is 1. The third-order valence-electron chi connectivity index (χ3n) is 3.25. The Morgan fingerprint density at radius 1 is 1.38 bits per heavy atom. The third kappa shape index (κ3) is 4.54. The molecule has 1 aromatic heterocycles. The van der Waals surface area contributed by atoms with Crippen LogP contribution in [0.15, 0.2) is 30.5 Å². The fourth-order valence-electron chi connectivity index (χ4n) is 2.00. The van der Waals surface area contributed by atoms with E-state index in [9.17, 15) is 9.50 Å². The zero-order valence-electron chi connectivity index (χ0n) is 12.1. The van der Waals surface area contributed by atoms with Crippen LogP contribution in [-0.2, 0) is 0 Å². The van der Waals surface area contributed by atoms with Gasteiger partial charge in [0.1, 0.15) is 24.3 Å². The molecule has 0 aliphatic rings. The summed E-state index contributed by atoms with van der Waals surface area (Å²) in [6.07, 6.45) is 1.12. The van der Waals surface area contributed by atoms with Crippen LogP contribution in [0.2, 0.25) is 0 Å². The van der Waals surface area contributed by atoms with Gasteiger partial charge in [0.2, 0.25) is 0 Å². The van der Waals surface area contributed by atoms with Crippen molar-refractivity contribution in [3.05, 3.63) is 47.5 Å². The van der Waals surface area contributed by atoms with E-state index >= 15 is 0 Å². The highest BCUT2D eigenvalue weighted by Gasteiger charge is 2.12. The predicted octanol–water partition coefficient (Wildman–Crippen LogP) is 1.95. The Hall–Kier alpha value is -1.92. The summed E-state index contributed by atoms with van der Waals surface area (Å²) in [7, 11) is 0. The fourth-order valence-corrected chi connectivity index (χ4v) is 2.00. The molecule has 2 atom stereocenters. The molecule has 2 aromatic rings. The van der Waals surface area contributed by atoms with E-state index in [-0.39, 0.29) is 18.5 Å². The van der Waals surface area contributed by atoms with E-state index in [0.717, 1.165) is 11.3 Å². The van der Waals surface area contributed by atoms with Gasteiger partial charge in [-0.15, -0.1) is 0 Å². The number of hydrogen-bond donors (Lipinski definition) is 3. The largest absolute Gasteiger partial charge is 0.491 e. The summed E-state index contributed by atoms with van der Waals surface area (Å²) >= 11 is 0. The van der Waals surface area contributed by atoms with Gasteiger partial charge in [0.25, 0.3) is 0 Å². The maximum Gasteiger partial charge on any atom is 0.123 e. The van der Waals surface area contributed by atoms with E-state index in [4.69, 9.17) is 4.74 Å². The zero-order valence-corrected chi connectivity index (χ0v) is 12.1. The number of hydrogen-bond acceptors (Lipinski definition) is 4. The molecule has 0 bridgehead atoms. The average molecular weight is 293 g/mol. The Balaban J connectivity index is 1.73. The highest BCUT2D eigenvalue weighted by atomic mass is 19.1. The predicted molar refractivity (Wildman–Crippen MR) is 77.6 cm³/mol. The smallest absolute Gasteiger partial charge is 0.123 e. The topological polar surface area (TPSA) is 70.2 Å². The molecule has 114 valence electrons. The second-order valence-electron chi connectivity index (χ2n) is 5.00. The zero-order chi connectivity index (χ0) is 15.2.